The Morgan fingerprint density at radius 1 is 1.06 bits per heavy atom. The van der Waals surface area contributed by atoms with Crippen LogP contribution in [0.25, 0.3) is 11.1 Å². The van der Waals surface area contributed by atoms with Gasteiger partial charge in [-0.2, -0.15) is 0 Å². The fraction of sp³-hybridized carbons (Fsp3) is 0.208. The largest absolute Gasteiger partial charge is 0.480 e. The number of thiazole rings is 1. The van der Waals surface area contributed by atoms with Crippen LogP contribution in [0, 0.1) is 0 Å². The molecule has 0 spiro atoms. The maximum absolute atomic E-state index is 12.4. The predicted octanol–water partition coefficient (Wildman–Crippen LogP) is 3.25. The minimum Gasteiger partial charge on any atom is -0.480 e. The Kier molecular flexibility index (Phi) is 7.06. The minimum atomic E-state index is -1.46. The molecule has 35 heavy (non-hydrogen) atoms. The van der Waals surface area contributed by atoms with Crippen LogP contribution in [-0.4, -0.2) is 53.8 Å². The standard InChI is InChI=1S/C24H21N3O7S/c1-33-20(28)10-18(22(30)31)26-21(29)19-11-25-23(35-19)27-24(32)34-12-17-15-8-4-2-6-13(15)14-7-3-5-9-16(14)17/h2-9,11,17-18H,10,12H2,1H3,(H,26,29)(H,30,31)(H,25,27,32)/t18-/m1/s1. The second-order valence-corrected chi connectivity index (χ2v) is 8.66. The Morgan fingerprint density at radius 3 is 2.29 bits per heavy atom. The highest BCUT2D eigenvalue weighted by Gasteiger charge is 2.29. The van der Waals surface area contributed by atoms with Crippen LogP contribution in [0.1, 0.15) is 33.1 Å². The zero-order valence-corrected chi connectivity index (χ0v) is 19.3. The Hall–Kier alpha value is -4.25. The first-order valence-corrected chi connectivity index (χ1v) is 11.4. The molecule has 0 fully saturated rings. The van der Waals surface area contributed by atoms with E-state index in [1.807, 2.05) is 48.5 Å². The molecule has 1 aliphatic carbocycles. The minimum absolute atomic E-state index is 0.0510. The number of fused-ring (bicyclic) bond motifs is 3. The SMILES string of the molecule is COC(=O)C[C@@H](NC(=O)c1cnc(NC(=O)OCC2c3ccccc3-c3ccccc32)s1)C(=O)O. The Morgan fingerprint density at radius 2 is 1.69 bits per heavy atom. The lowest BCUT2D eigenvalue weighted by Crippen LogP contribution is -2.42. The van der Waals surface area contributed by atoms with Gasteiger partial charge in [-0.3, -0.25) is 14.9 Å². The lowest BCUT2D eigenvalue weighted by atomic mass is 9.98. The van der Waals surface area contributed by atoms with Crippen molar-refractivity contribution in [1.82, 2.24) is 10.3 Å². The number of aromatic nitrogens is 1. The molecule has 3 N–H and O–H groups in total. The number of ether oxygens (including phenoxy) is 2. The first-order valence-electron chi connectivity index (χ1n) is 10.6. The zero-order valence-electron chi connectivity index (χ0n) is 18.5. The number of amides is 2. The molecule has 1 heterocycles. The van der Waals surface area contributed by atoms with E-state index >= 15 is 0 Å². The molecule has 0 unspecified atom stereocenters. The third kappa shape index (κ3) is 5.30. The van der Waals surface area contributed by atoms with E-state index in [0.29, 0.717) is 0 Å². The van der Waals surface area contributed by atoms with E-state index in [-0.39, 0.29) is 22.5 Å². The average molecular weight is 496 g/mol. The van der Waals surface area contributed by atoms with Gasteiger partial charge in [0.15, 0.2) is 5.13 Å². The molecule has 1 atom stereocenters. The van der Waals surface area contributed by atoms with Gasteiger partial charge in [0, 0.05) is 5.92 Å². The van der Waals surface area contributed by atoms with Crippen LogP contribution in [0.2, 0.25) is 0 Å². The van der Waals surface area contributed by atoms with Gasteiger partial charge in [0.2, 0.25) is 0 Å². The number of carboxylic acids is 1. The third-order valence-electron chi connectivity index (χ3n) is 5.48. The van der Waals surface area contributed by atoms with Crippen LogP contribution >= 0.6 is 11.3 Å². The summed E-state index contributed by atoms with van der Waals surface area (Å²) in [6.07, 6.45) is -0.0700. The van der Waals surface area contributed by atoms with Gasteiger partial charge in [-0.1, -0.05) is 59.9 Å². The van der Waals surface area contributed by atoms with Crippen LogP contribution in [0.4, 0.5) is 9.93 Å². The quantitative estimate of drug-likeness (QED) is 0.404. The number of hydrogen-bond acceptors (Lipinski definition) is 8. The fourth-order valence-corrected chi connectivity index (χ4v) is 4.54. The van der Waals surface area contributed by atoms with E-state index in [0.717, 1.165) is 40.7 Å². The van der Waals surface area contributed by atoms with Gasteiger partial charge in [-0.05, 0) is 22.3 Å². The molecule has 11 heteroatoms. The van der Waals surface area contributed by atoms with E-state index in [1.54, 1.807) is 0 Å². The molecule has 1 aromatic heterocycles. The van der Waals surface area contributed by atoms with E-state index in [1.165, 1.54) is 6.20 Å². The van der Waals surface area contributed by atoms with Gasteiger partial charge in [0.1, 0.15) is 17.5 Å². The van der Waals surface area contributed by atoms with Crippen molar-refractivity contribution in [3.05, 3.63) is 70.7 Å². The number of nitrogens with one attached hydrogen (secondary N) is 2. The molecule has 3 aromatic rings. The lowest BCUT2D eigenvalue weighted by Gasteiger charge is -2.14. The van der Waals surface area contributed by atoms with Gasteiger partial charge < -0.3 is 19.9 Å². The molecule has 10 nitrogen and oxygen atoms in total. The van der Waals surface area contributed by atoms with Crippen LogP contribution < -0.4 is 10.6 Å². The predicted molar refractivity (Wildman–Crippen MR) is 126 cm³/mol. The second kappa shape index (κ2) is 10.3. The Bertz CT molecular complexity index is 1240. The first-order chi connectivity index (χ1) is 16.9. The van der Waals surface area contributed by atoms with Crippen molar-refractivity contribution in [1.29, 1.82) is 0 Å². The third-order valence-corrected chi connectivity index (χ3v) is 6.40. The molecular weight excluding hydrogens is 474 g/mol. The van der Waals surface area contributed by atoms with E-state index in [4.69, 9.17) is 4.74 Å². The Balaban J connectivity index is 1.35. The number of carbonyl (C=O) groups is 4. The summed E-state index contributed by atoms with van der Waals surface area (Å²) in [5.41, 5.74) is 4.38. The topological polar surface area (TPSA) is 144 Å². The summed E-state index contributed by atoms with van der Waals surface area (Å²) in [6, 6.07) is 14.5. The van der Waals surface area contributed by atoms with Crippen molar-refractivity contribution in [2.75, 3.05) is 19.0 Å². The monoisotopic (exact) mass is 495 g/mol. The fourth-order valence-electron chi connectivity index (χ4n) is 3.84. The summed E-state index contributed by atoms with van der Waals surface area (Å²) in [5.74, 6) is -3.02. The van der Waals surface area contributed by atoms with Gasteiger partial charge in [-0.25, -0.2) is 14.6 Å². The van der Waals surface area contributed by atoms with Crippen molar-refractivity contribution in [3.63, 3.8) is 0 Å². The molecule has 1 aliphatic rings. The molecule has 0 aliphatic heterocycles. The summed E-state index contributed by atoms with van der Waals surface area (Å²) in [7, 11) is 1.12. The maximum Gasteiger partial charge on any atom is 0.413 e. The van der Waals surface area contributed by atoms with Gasteiger partial charge in [-0.15, -0.1) is 0 Å². The lowest BCUT2D eigenvalue weighted by molar-refractivity contribution is -0.147. The van der Waals surface area contributed by atoms with Crippen molar-refractivity contribution < 1.29 is 33.8 Å². The smallest absolute Gasteiger partial charge is 0.413 e. The molecule has 0 saturated heterocycles. The molecule has 180 valence electrons. The molecular formula is C24H21N3O7S. The first kappa shape index (κ1) is 23.9. The number of carboxylic acid groups (broad SMARTS) is 1. The van der Waals surface area contributed by atoms with E-state index in [2.05, 4.69) is 20.4 Å². The molecule has 2 aromatic carbocycles. The van der Waals surface area contributed by atoms with Crippen LogP contribution in [0.3, 0.4) is 0 Å². The number of hydrogen-bond donors (Lipinski definition) is 3. The van der Waals surface area contributed by atoms with Gasteiger partial charge in [0.05, 0.1) is 19.7 Å². The summed E-state index contributed by atoms with van der Waals surface area (Å²) < 4.78 is 9.89. The molecule has 0 saturated carbocycles. The number of benzene rings is 2. The molecule has 4 rings (SSSR count). The molecule has 0 radical (unpaired) electrons. The van der Waals surface area contributed by atoms with Crippen LogP contribution in [0.5, 0.6) is 0 Å². The number of anilines is 1. The summed E-state index contributed by atoms with van der Waals surface area (Å²) >= 11 is 0.839. The summed E-state index contributed by atoms with van der Waals surface area (Å²) in [4.78, 5) is 51.4. The van der Waals surface area contributed by atoms with Crippen LogP contribution in [-0.2, 0) is 19.1 Å². The highest BCUT2D eigenvalue weighted by atomic mass is 32.1. The highest BCUT2D eigenvalue weighted by Crippen LogP contribution is 2.44. The van der Waals surface area contributed by atoms with E-state index < -0.39 is 36.4 Å². The van der Waals surface area contributed by atoms with Crippen molar-refractivity contribution in [2.24, 2.45) is 0 Å². The Labute approximate surface area is 203 Å². The highest BCUT2D eigenvalue weighted by molar-refractivity contribution is 7.17. The molecule has 0 bridgehead atoms. The maximum atomic E-state index is 12.4. The number of nitrogens with zero attached hydrogens (tertiary/aromatic N) is 1. The summed E-state index contributed by atoms with van der Waals surface area (Å²) in [5, 5.41) is 14.0. The van der Waals surface area contributed by atoms with Crippen molar-refractivity contribution >= 4 is 40.4 Å². The second-order valence-electron chi connectivity index (χ2n) is 7.62. The zero-order chi connectivity index (χ0) is 24.9. The van der Waals surface area contributed by atoms with E-state index in [9.17, 15) is 24.3 Å². The van der Waals surface area contributed by atoms with Gasteiger partial charge in [0.25, 0.3) is 5.91 Å². The molecule has 2 amide bonds. The van der Waals surface area contributed by atoms with Crippen molar-refractivity contribution in [2.45, 2.75) is 18.4 Å². The normalized spacial score (nSPS) is 12.7. The van der Waals surface area contributed by atoms with Crippen molar-refractivity contribution in [3.8, 4) is 11.1 Å². The van der Waals surface area contributed by atoms with Gasteiger partial charge >= 0.3 is 18.0 Å². The average Bonchev–Trinajstić information content (AvgIpc) is 3.45. The van der Waals surface area contributed by atoms with Crippen LogP contribution in [0.15, 0.2) is 54.7 Å². The number of carbonyl (C=O) groups excluding carboxylic acids is 3. The number of esters is 1. The summed E-state index contributed by atoms with van der Waals surface area (Å²) in [6.45, 7) is 0.117. The number of aliphatic carboxylic acids is 1. The number of methoxy groups -OCH3 is 1. The number of rotatable bonds is 8.